The maximum atomic E-state index is 13.0. The van der Waals surface area contributed by atoms with Crippen LogP contribution in [0.15, 0.2) is 59.5 Å². The minimum atomic E-state index is -5.45. The minimum Gasteiger partial charge on any atom is -0.370 e. The zero-order valence-corrected chi connectivity index (χ0v) is 16.3. The van der Waals surface area contributed by atoms with Crippen LogP contribution in [0, 0.1) is 5.92 Å². The molecular weight excluding hydrogens is 405 g/mol. The Hall–Kier alpha value is -2.55. The average molecular weight is 426 g/mol. The van der Waals surface area contributed by atoms with Gasteiger partial charge in [0.1, 0.15) is 0 Å². The standard InChI is InChI=1S/C20H21F3N2O3S/c21-20(22,23)29(27,28)18-9-5-4-8-17(18)25-12-10-16(11-13-25)19(26)24-14-15-6-2-1-3-7-15/h1-9,16H,10-14H2,(H,24,26). The van der Waals surface area contributed by atoms with Crippen LogP contribution in [0.1, 0.15) is 18.4 Å². The minimum absolute atomic E-state index is 0.0213. The van der Waals surface area contributed by atoms with Gasteiger partial charge in [0.2, 0.25) is 5.91 Å². The number of piperidine rings is 1. The third kappa shape index (κ3) is 4.72. The lowest BCUT2D eigenvalue weighted by atomic mass is 9.95. The van der Waals surface area contributed by atoms with E-state index < -0.39 is 20.2 Å². The molecule has 5 nitrogen and oxygen atoms in total. The Labute approximate surface area is 167 Å². The summed E-state index contributed by atoms with van der Waals surface area (Å²) in [5.41, 5.74) is -4.36. The van der Waals surface area contributed by atoms with Gasteiger partial charge in [0, 0.05) is 25.6 Å². The maximum absolute atomic E-state index is 13.0. The first-order valence-corrected chi connectivity index (χ1v) is 10.7. The highest BCUT2D eigenvalue weighted by Gasteiger charge is 2.48. The van der Waals surface area contributed by atoms with Crippen molar-refractivity contribution in [3.8, 4) is 0 Å². The lowest BCUT2D eigenvalue weighted by molar-refractivity contribution is -0.125. The summed E-state index contributed by atoms with van der Waals surface area (Å²) in [5.74, 6) is -0.369. The van der Waals surface area contributed by atoms with Crippen molar-refractivity contribution in [3.05, 3.63) is 60.2 Å². The molecule has 1 fully saturated rings. The van der Waals surface area contributed by atoms with Crippen LogP contribution in [-0.2, 0) is 21.2 Å². The summed E-state index contributed by atoms with van der Waals surface area (Å²) in [5, 5.41) is 2.88. The first-order chi connectivity index (χ1) is 13.7. The number of alkyl halides is 3. The van der Waals surface area contributed by atoms with Crippen molar-refractivity contribution in [1.29, 1.82) is 0 Å². The lowest BCUT2D eigenvalue weighted by Gasteiger charge is -2.34. The molecule has 0 spiro atoms. The molecule has 2 aromatic rings. The van der Waals surface area contributed by atoms with Crippen molar-refractivity contribution >= 4 is 21.4 Å². The number of anilines is 1. The summed E-state index contributed by atoms with van der Waals surface area (Å²) in [7, 11) is -5.45. The van der Waals surface area contributed by atoms with Gasteiger partial charge in [0.15, 0.2) is 0 Å². The third-order valence-corrected chi connectivity index (χ3v) is 6.51. The normalized spacial score (nSPS) is 15.9. The SMILES string of the molecule is O=C(NCc1ccccc1)C1CCN(c2ccccc2S(=O)(=O)C(F)(F)F)CC1. The van der Waals surface area contributed by atoms with E-state index in [-0.39, 0.29) is 17.5 Å². The van der Waals surface area contributed by atoms with E-state index in [1.807, 2.05) is 30.3 Å². The van der Waals surface area contributed by atoms with Crippen molar-refractivity contribution < 1.29 is 26.4 Å². The molecular formula is C20H21F3N2O3S. The Morgan fingerprint density at radius 1 is 1.00 bits per heavy atom. The Balaban J connectivity index is 1.65. The molecule has 1 aliphatic rings. The van der Waals surface area contributed by atoms with Crippen LogP contribution in [0.4, 0.5) is 18.9 Å². The number of carbonyl (C=O) groups excluding carboxylic acids is 1. The number of benzene rings is 2. The average Bonchev–Trinajstić information content (AvgIpc) is 2.72. The number of nitrogens with zero attached hydrogens (tertiary/aromatic N) is 1. The van der Waals surface area contributed by atoms with Crippen molar-refractivity contribution in [2.75, 3.05) is 18.0 Å². The summed E-state index contributed by atoms with van der Waals surface area (Å²) in [4.78, 5) is 13.2. The van der Waals surface area contributed by atoms with Crippen molar-refractivity contribution in [1.82, 2.24) is 5.32 Å². The molecule has 0 bridgehead atoms. The molecule has 0 unspecified atom stereocenters. The van der Waals surface area contributed by atoms with Gasteiger partial charge in [0.25, 0.3) is 9.84 Å². The van der Waals surface area contributed by atoms with Crippen LogP contribution in [0.3, 0.4) is 0 Å². The second-order valence-electron chi connectivity index (χ2n) is 6.88. The highest BCUT2D eigenvalue weighted by molar-refractivity contribution is 7.92. The summed E-state index contributed by atoms with van der Waals surface area (Å²) in [6.07, 6.45) is 0.863. The number of amides is 1. The van der Waals surface area contributed by atoms with Crippen molar-refractivity contribution in [2.45, 2.75) is 29.8 Å². The van der Waals surface area contributed by atoms with Gasteiger partial charge in [-0.2, -0.15) is 13.2 Å². The fourth-order valence-electron chi connectivity index (χ4n) is 3.38. The fraction of sp³-hybridized carbons (Fsp3) is 0.350. The Morgan fingerprint density at radius 2 is 1.59 bits per heavy atom. The lowest BCUT2D eigenvalue weighted by Crippen LogP contribution is -2.41. The van der Waals surface area contributed by atoms with Gasteiger partial charge in [-0.25, -0.2) is 8.42 Å². The van der Waals surface area contributed by atoms with Gasteiger partial charge < -0.3 is 10.2 Å². The molecule has 29 heavy (non-hydrogen) atoms. The smallest absolute Gasteiger partial charge is 0.370 e. The molecule has 0 aromatic heterocycles. The van der Waals surface area contributed by atoms with Gasteiger partial charge in [-0.3, -0.25) is 4.79 Å². The number of hydrogen-bond donors (Lipinski definition) is 1. The Bertz CT molecular complexity index is 954. The molecule has 1 amide bonds. The summed E-state index contributed by atoms with van der Waals surface area (Å²) in [6, 6.07) is 14.6. The van der Waals surface area contributed by atoms with Crippen LogP contribution in [-0.4, -0.2) is 32.9 Å². The fourth-order valence-corrected chi connectivity index (χ4v) is 4.36. The van der Waals surface area contributed by atoms with Gasteiger partial charge in [-0.05, 0) is 30.5 Å². The van der Waals surface area contributed by atoms with Crippen LogP contribution in [0.25, 0.3) is 0 Å². The number of halogens is 3. The van der Waals surface area contributed by atoms with Gasteiger partial charge >= 0.3 is 5.51 Å². The Morgan fingerprint density at radius 3 is 2.21 bits per heavy atom. The molecule has 1 heterocycles. The molecule has 3 rings (SSSR count). The highest BCUT2D eigenvalue weighted by atomic mass is 32.2. The number of rotatable bonds is 5. The summed E-state index contributed by atoms with van der Waals surface area (Å²) >= 11 is 0. The Kier molecular flexibility index (Phi) is 6.16. The second-order valence-corrected chi connectivity index (χ2v) is 8.79. The van der Waals surface area contributed by atoms with Crippen LogP contribution in [0.5, 0.6) is 0 Å². The van der Waals surface area contributed by atoms with Gasteiger partial charge in [-0.1, -0.05) is 42.5 Å². The van der Waals surface area contributed by atoms with E-state index in [0.29, 0.717) is 32.5 Å². The molecule has 0 saturated carbocycles. The van der Waals surface area contributed by atoms with E-state index in [1.54, 1.807) is 4.90 Å². The third-order valence-electron chi connectivity index (χ3n) is 4.98. The van der Waals surface area contributed by atoms with Gasteiger partial charge in [-0.15, -0.1) is 0 Å². The largest absolute Gasteiger partial charge is 0.501 e. The second kappa shape index (κ2) is 8.44. The number of sulfone groups is 1. The number of para-hydroxylation sites is 1. The number of hydrogen-bond acceptors (Lipinski definition) is 4. The van der Waals surface area contributed by atoms with E-state index in [9.17, 15) is 26.4 Å². The molecule has 9 heteroatoms. The summed E-state index contributed by atoms with van der Waals surface area (Å²) in [6.45, 7) is 1.01. The molecule has 0 atom stereocenters. The topological polar surface area (TPSA) is 66.5 Å². The molecule has 1 N–H and O–H groups in total. The summed E-state index contributed by atoms with van der Waals surface area (Å²) < 4.78 is 62.8. The number of carbonyl (C=O) groups is 1. The van der Waals surface area contributed by atoms with E-state index in [1.165, 1.54) is 18.2 Å². The first kappa shape index (κ1) is 21.2. The molecule has 1 saturated heterocycles. The maximum Gasteiger partial charge on any atom is 0.501 e. The molecule has 0 radical (unpaired) electrons. The molecule has 1 aliphatic heterocycles. The van der Waals surface area contributed by atoms with Crippen molar-refractivity contribution in [3.63, 3.8) is 0 Å². The zero-order chi connectivity index (χ0) is 21.1. The van der Waals surface area contributed by atoms with E-state index in [4.69, 9.17) is 0 Å². The van der Waals surface area contributed by atoms with Gasteiger partial charge in [0.05, 0.1) is 10.6 Å². The zero-order valence-electron chi connectivity index (χ0n) is 15.5. The van der Waals surface area contributed by atoms with E-state index in [0.717, 1.165) is 11.6 Å². The van der Waals surface area contributed by atoms with Crippen LogP contribution >= 0.6 is 0 Å². The highest BCUT2D eigenvalue weighted by Crippen LogP contribution is 2.37. The quantitative estimate of drug-likeness (QED) is 0.795. The first-order valence-electron chi connectivity index (χ1n) is 9.17. The molecule has 0 aliphatic carbocycles. The van der Waals surface area contributed by atoms with E-state index in [2.05, 4.69) is 5.32 Å². The van der Waals surface area contributed by atoms with Crippen molar-refractivity contribution in [2.24, 2.45) is 5.92 Å². The number of nitrogens with one attached hydrogen (secondary N) is 1. The predicted molar refractivity (Wildman–Crippen MR) is 103 cm³/mol. The van der Waals surface area contributed by atoms with Crippen LogP contribution < -0.4 is 10.2 Å². The monoisotopic (exact) mass is 426 g/mol. The molecule has 156 valence electrons. The van der Waals surface area contributed by atoms with E-state index >= 15 is 0 Å². The predicted octanol–water partition coefficient (Wildman–Crippen LogP) is 3.51. The van der Waals surface area contributed by atoms with Crippen LogP contribution in [0.2, 0.25) is 0 Å². The molecule has 2 aromatic carbocycles.